The van der Waals surface area contributed by atoms with Crippen LogP contribution in [0.2, 0.25) is 0 Å². The Hall–Kier alpha value is -3.92. The van der Waals surface area contributed by atoms with Gasteiger partial charge >= 0.3 is 47.8 Å². The molecule has 28 nitrogen and oxygen atoms in total. The van der Waals surface area contributed by atoms with Gasteiger partial charge in [0.1, 0.15) is 0 Å². The van der Waals surface area contributed by atoms with Crippen molar-refractivity contribution in [3.8, 4) is 0 Å². The molecule has 0 fully saturated rings. The predicted molar refractivity (Wildman–Crippen MR) is 108 cm³/mol. The smallest absolute Gasteiger partial charge is 0.550 e. The van der Waals surface area contributed by atoms with Crippen LogP contribution in [-0.2, 0) is 78.1 Å². The van der Waals surface area contributed by atoms with E-state index in [0.29, 0.717) is 0 Å². The third-order valence-corrected chi connectivity index (χ3v) is 3.01. The summed E-state index contributed by atoms with van der Waals surface area (Å²) < 4.78 is 0. The molecule has 0 bridgehead atoms. The van der Waals surface area contributed by atoms with Gasteiger partial charge < -0.3 is 60.0 Å². The van der Waals surface area contributed by atoms with Gasteiger partial charge in [-0.2, -0.15) is 0 Å². The monoisotopic (exact) mass is 780 g/mol. The van der Waals surface area contributed by atoms with Crippen LogP contribution in [0.25, 0.3) is 0 Å². The van der Waals surface area contributed by atoms with Crippen molar-refractivity contribution in [2.75, 3.05) is 0 Å². The average molecular weight is 779 g/mol. The van der Waals surface area contributed by atoms with Gasteiger partial charge in [-0.25, -0.2) is 40.2 Å². The molecular formula is C16H20O28Sn. The Morgan fingerprint density at radius 2 is 0.533 bits per heavy atom. The standard InChI is InChI=1S/4C4H6O7.Sn/c4*5-2(1-3(6)7)4(8)10-11-9;/h4*2,5,9H,1H2,(H,6,7);/q;;;;+4/p-4. The third kappa shape index (κ3) is 36.2. The molecule has 256 valence electrons. The van der Waals surface area contributed by atoms with E-state index in [1.807, 2.05) is 0 Å². The number of aliphatic hydroxyl groups is 4. The molecule has 8 N–H and O–H groups in total. The van der Waals surface area contributed by atoms with Crippen molar-refractivity contribution in [2.45, 2.75) is 50.1 Å². The van der Waals surface area contributed by atoms with Crippen LogP contribution in [-0.4, -0.2) is 138 Å². The van der Waals surface area contributed by atoms with Gasteiger partial charge in [-0.05, 0) is 20.2 Å². The summed E-state index contributed by atoms with van der Waals surface area (Å²) >= 11 is 0. The summed E-state index contributed by atoms with van der Waals surface area (Å²) in [4.78, 5) is 93.4. The first kappa shape index (κ1) is 50.7. The van der Waals surface area contributed by atoms with Crippen LogP contribution in [0, 0.1) is 0 Å². The van der Waals surface area contributed by atoms with Crippen LogP contribution in [0.5, 0.6) is 0 Å². The molecule has 0 saturated heterocycles. The van der Waals surface area contributed by atoms with Crippen molar-refractivity contribution in [3.05, 3.63) is 0 Å². The number of carbonyl (C=O) groups excluding carboxylic acids is 8. The van der Waals surface area contributed by atoms with E-state index in [1.54, 1.807) is 0 Å². The first-order valence-electron chi connectivity index (χ1n) is 9.90. The van der Waals surface area contributed by atoms with Crippen LogP contribution < -0.4 is 20.4 Å². The van der Waals surface area contributed by atoms with Crippen LogP contribution in [0.1, 0.15) is 25.7 Å². The Labute approximate surface area is 261 Å². The molecule has 0 rings (SSSR count). The molecule has 0 spiro atoms. The molecule has 0 aromatic heterocycles. The summed E-state index contributed by atoms with van der Waals surface area (Å²) in [7, 11) is 0. The number of carbonyl (C=O) groups is 8. The SMILES string of the molecule is O=C([O-])CC(O)C(=O)OOO.O=C([O-])CC(O)C(=O)OOO.O=C([O-])CC(O)C(=O)OOO.O=C([O-])CC(O)C(=O)OOO.[Sn+4]. The van der Waals surface area contributed by atoms with Gasteiger partial charge in [0.25, 0.3) is 0 Å². The zero-order chi connectivity index (χ0) is 35.4. The van der Waals surface area contributed by atoms with Gasteiger partial charge in [0.15, 0.2) is 24.4 Å². The van der Waals surface area contributed by atoms with Crippen LogP contribution in [0.15, 0.2) is 0 Å². The summed E-state index contributed by atoms with van der Waals surface area (Å²) in [5.74, 6) is -12.1. The van der Waals surface area contributed by atoms with Crippen molar-refractivity contribution in [3.63, 3.8) is 0 Å². The number of carboxylic acids is 4. The van der Waals surface area contributed by atoms with Crippen LogP contribution >= 0.6 is 0 Å². The topological polar surface area (TPSA) is 464 Å². The number of hydrogen-bond acceptors (Lipinski definition) is 28. The van der Waals surface area contributed by atoms with Gasteiger partial charge in [-0.3, -0.25) is 19.6 Å². The molecule has 0 amide bonds. The summed E-state index contributed by atoms with van der Waals surface area (Å²) in [5, 5.41) is 115. The number of rotatable bonds is 16. The first-order chi connectivity index (χ1) is 20.3. The zero-order valence-electron chi connectivity index (χ0n) is 21.4. The third-order valence-electron chi connectivity index (χ3n) is 3.01. The molecule has 0 aromatic carbocycles. The van der Waals surface area contributed by atoms with Crippen molar-refractivity contribution in [1.82, 2.24) is 0 Å². The van der Waals surface area contributed by atoms with Crippen LogP contribution in [0.3, 0.4) is 0 Å². The summed E-state index contributed by atoms with van der Waals surface area (Å²) in [6.45, 7) is 0. The number of aliphatic hydroxyl groups excluding tert-OH is 4. The molecule has 4 unspecified atom stereocenters. The minimum Gasteiger partial charge on any atom is -0.550 e. The molecule has 0 radical (unpaired) electrons. The molecule has 4 atom stereocenters. The van der Waals surface area contributed by atoms with Gasteiger partial charge in [-0.15, -0.1) is 0 Å². The number of hydrogen-bond donors (Lipinski definition) is 8. The molecule has 0 aromatic rings. The Balaban J connectivity index is -0.000000157. The normalized spacial score (nSPS) is 11.9. The second kappa shape index (κ2) is 31.5. The maximum atomic E-state index is 10.2. The Kier molecular flexibility index (Phi) is 35.5. The average Bonchev–Trinajstić information content (AvgIpc) is 2.89. The molecular weight excluding hydrogens is 759 g/mol. The van der Waals surface area contributed by atoms with Crippen molar-refractivity contribution in [2.24, 2.45) is 0 Å². The summed E-state index contributed by atoms with van der Waals surface area (Å²) in [6, 6.07) is 0. The maximum absolute atomic E-state index is 10.2. The molecule has 0 saturated carbocycles. The van der Waals surface area contributed by atoms with Crippen molar-refractivity contribution in [1.29, 1.82) is 0 Å². The second-order valence-corrected chi connectivity index (χ2v) is 6.28. The molecule has 29 heteroatoms. The quantitative estimate of drug-likeness (QED) is 0.0409. The van der Waals surface area contributed by atoms with Crippen molar-refractivity contribution < 1.29 is 140 Å². The summed E-state index contributed by atoms with van der Waals surface area (Å²) in [6.07, 6.45) is -11.2. The maximum Gasteiger partial charge on any atom is 4.00 e. The largest absolute Gasteiger partial charge is 4.00 e. The predicted octanol–water partition coefficient (Wildman–Crippen LogP) is -10.6. The fraction of sp³-hybridized carbons (Fsp3) is 0.500. The fourth-order valence-corrected chi connectivity index (χ4v) is 1.33. The first-order valence-corrected chi connectivity index (χ1v) is 9.90. The van der Waals surface area contributed by atoms with E-state index >= 15 is 0 Å². The van der Waals surface area contributed by atoms with Crippen molar-refractivity contribution >= 4 is 71.7 Å². The van der Waals surface area contributed by atoms with Crippen LogP contribution in [0.4, 0.5) is 0 Å². The minimum absolute atomic E-state index is 0. The molecule has 0 heterocycles. The second-order valence-electron chi connectivity index (χ2n) is 6.28. The minimum atomic E-state index is -1.90. The van der Waals surface area contributed by atoms with E-state index in [-0.39, 0.29) is 23.9 Å². The molecule has 0 aliphatic carbocycles. The Morgan fingerprint density at radius 1 is 0.400 bits per heavy atom. The van der Waals surface area contributed by atoms with E-state index in [2.05, 4.69) is 39.7 Å². The Morgan fingerprint density at radius 3 is 0.622 bits per heavy atom. The number of aliphatic carboxylic acids is 4. The summed E-state index contributed by atoms with van der Waals surface area (Å²) in [5.41, 5.74) is 0. The zero-order valence-corrected chi connectivity index (χ0v) is 24.2. The van der Waals surface area contributed by atoms with Gasteiger partial charge in [0.05, 0.1) is 0 Å². The van der Waals surface area contributed by atoms with E-state index < -0.39 is 97.9 Å². The van der Waals surface area contributed by atoms with E-state index in [0.717, 1.165) is 0 Å². The van der Waals surface area contributed by atoms with Gasteiger partial charge in [0.2, 0.25) is 0 Å². The van der Waals surface area contributed by atoms with Gasteiger partial charge in [-0.1, -0.05) is 0 Å². The number of carboxylic acid groups (broad SMARTS) is 4. The van der Waals surface area contributed by atoms with E-state index in [9.17, 15) is 58.8 Å². The van der Waals surface area contributed by atoms with E-state index in [4.69, 9.17) is 41.5 Å². The van der Waals surface area contributed by atoms with Gasteiger partial charge in [0, 0.05) is 49.6 Å². The molecule has 0 aliphatic heterocycles. The van der Waals surface area contributed by atoms with E-state index in [1.165, 1.54) is 0 Å². The fourth-order valence-electron chi connectivity index (χ4n) is 1.33. The Bertz CT molecular complexity index is 761. The molecule has 45 heavy (non-hydrogen) atoms. The molecule has 0 aliphatic rings.